The van der Waals surface area contributed by atoms with Crippen molar-refractivity contribution in [2.24, 2.45) is 5.92 Å². The molecular weight excluding hydrogens is 280 g/mol. The monoisotopic (exact) mass is 300 g/mol. The zero-order valence-corrected chi connectivity index (χ0v) is 12.8. The summed E-state index contributed by atoms with van der Waals surface area (Å²) in [7, 11) is 0. The third-order valence-electron chi connectivity index (χ3n) is 2.73. The first-order valence-corrected chi connectivity index (χ1v) is 8.04. The number of aryl methyl sites for hydroxylation is 2. The van der Waals surface area contributed by atoms with Crippen LogP contribution in [0.25, 0.3) is 0 Å². The number of rotatable bonds is 6. The van der Waals surface area contributed by atoms with E-state index in [1.807, 2.05) is 11.8 Å². The van der Waals surface area contributed by atoms with E-state index in [4.69, 9.17) is 0 Å². The zero-order chi connectivity index (χ0) is 12.0. The first-order chi connectivity index (χ1) is 7.67. The van der Waals surface area contributed by atoms with Crippen molar-refractivity contribution < 1.29 is 0 Å². The number of alkyl halides is 1. The van der Waals surface area contributed by atoms with E-state index in [0.717, 1.165) is 11.2 Å². The van der Waals surface area contributed by atoms with Crippen LogP contribution in [-0.4, -0.2) is 11.1 Å². The van der Waals surface area contributed by atoms with Gasteiger partial charge in [-0.15, -0.1) is 11.8 Å². The lowest BCUT2D eigenvalue weighted by Gasteiger charge is -2.13. The molecule has 0 nitrogen and oxygen atoms in total. The molecule has 0 N–H and O–H groups in total. The molecule has 0 saturated heterocycles. The van der Waals surface area contributed by atoms with E-state index in [0.29, 0.717) is 0 Å². The standard InChI is InChI=1S/C14H21BrS/c1-4-5-13(9-15)10-16-14-8-11(2)6-7-12(14)3/h6-8,13H,4-5,9-10H2,1-3H3. The minimum absolute atomic E-state index is 0.801. The Kier molecular flexibility index (Phi) is 6.52. The molecule has 0 aromatic heterocycles. The summed E-state index contributed by atoms with van der Waals surface area (Å²) in [6, 6.07) is 6.71. The van der Waals surface area contributed by atoms with Crippen LogP contribution in [0.5, 0.6) is 0 Å². The van der Waals surface area contributed by atoms with Crippen LogP contribution in [0.1, 0.15) is 30.9 Å². The average Bonchev–Trinajstić information content (AvgIpc) is 2.28. The first kappa shape index (κ1) is 14.1. The van der Waals surface area contributed by atoms with Crippen LogP contribution in [0, 0.1) is 19.8 Å². The van der Waals surface area contributed by atoms with Gasteiger partial charge in [-0.3, -0.25) is 0 Å². The Morgan fingerprint density at radius 3 is 2.69 bits per heavy atom. The van der Waals surface area contributed by atoms with Gasteiger partial charge in [0.05, 0.1) is 0 Å². The molecule has 0 spiro atoms. The van der Waals surface area contributed by atoms with Gasteiger partial charge in [0.25, 0.3) is 0 Å². The van der Waals surface area contributed by atoms with E-state index < -0.39 is 0 Å². The Morgan fingerprint density at radius 2 is 2.06 bits per heavy atom. The lowest BCUT2D eigenvalue weighted by molar-refractivity contribution is 0.597. The summed E-state index contributed by atoms with van der Waals surface area (Å²) in [6.07, 6.45) is 2.60. The van der Waals surface area contributed by atoms with Crippen LogP contribution in [0.2, 0.25) is 0 Å². The van der Waals surface area contributed by atoms with Crippen LogP contribution >= 0.6 is 27.7 Å². The fourth-order valence-electron chi connectivity index (χ4n) is 1.68. The van der Waals surface area contributed by atoms with Crippen molar-refractivity contribution >= 4 is 27.7 Å². The van der Waals surface area contributed by atoms with Crippen LogP contribution in [0.4, 0.5) is 0 Å². The summed E-state index contributed by atoms with van der Waals surface area (Å²) >= 11 is 5.61. The molecule has 90 valence electrons. The van der Waals surface area contributed by atoms with E-state index in [9.17, 15) is 0 Å². The van der Waals surface area contributed by atoms with Crippen molar-refractivity contribution in [3.05, 3.63) is 29.3 Å². The third kappa shape index (κ3) is 4.50. The lowest BCUT2D eigenvalue weighted by atomic mass is 10.1. The van der Waals surface area contributed by atoms with Gasteiger partial charge in [0, 0.05) is 16.0 Å². The first-order valence-electron chi connectivity index (χ1n) is 5.93. The molecule has 16 heavy (non-hydrogen) atoms. The van der Waals surface area contributed by atoms with Gasteiger partial charge in [0.2, 0.25) is 0 Å². The summed E-state index contributed by atoms with van der Waals surface area (Å²) in [5.41, 5.74) is 2.76. The van der Waals surface area contributed by atoms with Gasteiger partial charge in [-0.2, -0.15) is 0 Å². The second-order valence-corrected chi connectivity index (χ2v) is 6.10. The van der Waals surface area contributed by atoms with E-state index >= 15 is 0 Å². The van der Waals surface area contributed by atoms with Gasteiger partial charge < -0.3 is 0 Å². The number of thioether (sulfide) groups is 1. The van der Waals surface area contributed by atoms with Crippen LogP contribution in [-0.2, 0) is 0 Å². The molecule has 1 aromatic carbocycles. The highest BCUT2D eigenvalue weighted by Crippen LogP contribution is 2.27. The molecule has 0 aliphatic rings. The summed E-state index contributed by atoms with van der Waals surface area (Å²) in [5, 5.41) is 1.12. The molecule has 0 bridgehead atoms. The maximum absolute atomic E-state index is 3.61. The molecule has 1 aromatic rings. The largest absolute Gasteiger partial charge is 0.126 e. The van der Waals surface area contributed by atoms with Gasteiger partial charge in [0.1, 0.15) is 0 Å². The molecular formula is C14H21BrS. The smallest absolute Gasteiger partial charge is 0.0104 e. The van der Waals surface area contributed by atoms with Crippen molar-refractivity contribution in [1.82, 2.24) is 0 Å². The molecule has 0 saturated carbocycles. The SMILES string of the molecule is CCCC(CBr)CSc1cc(C)ccc1C. The number of benzene rings is 1. The van der Waals surface area contributed by atoms with Gasteiger partial charge in [0.15, 0.2) is 0 Å². The summed E-state index contributed by atoms with van der Waals surface area (Å²) in [4.78, 5) is 1.45. The predicted molar refractivity (Wildman–Crippen MR) is 78.8 cm³/mol. The lowest BCUT2D eigenvalue weighted by Crippen LogP contribution is -2.04. The van der Waals surface area contributed by atoms with Crippen molar-refractivity contribution in [3.63, 3.8) is 0 Å². The van der Waals surface area contributed by atoms with Gasteiger partial charge >= 0.3 is 0 Å². The maximum Gasteiger partial charge on any atom is 0.0104 e. The highest BCUT2D eigenvalue weighted by molar-refractivity contribution is 9.09. The Balaban J connectivity index is 2.55. The van der Waals surface area contributed by atoms with Crippen LogP contribution in [0.3, 0.4) is 0 Å². The van der Waals surface area contributed by atoms with Crippen molar-refractivity contribution in [2.75, 3.05) is 11.1 Å². The second-order valence-electron chi connectivity index (χ2n) is 4.39. The molecule has 1 rings (SSSR count). The highest BCUT2D eigenvalue weighted by Gasteiger charge is 2.08. The number of hydrogen-bond donors (Lipinski definition) is 0. The molecule has 1 atom stereocenters. The summed E-state index contributed by atoms with van der Waals surface area (Å²) < 4.78 is 0. The zero-order valence-electron chi connectivity index (χ0n) is 10.4. The van der Waals surface area contributed by atoms with Gasteiger partial charge in [-0.05, 0) is 37.8 Å². The Labute approximate surface area is 112 Å². The Bertz CT molecular complexity index is 323. The van der Waals surface area contributed by atoms with Crippen molar-refractivity contribution in [2.45, 2.75) is 38.5 Å². The maximum atomic E-state index is 3.61. The fraction of sp³-hybridized carbons (Fsp3) is 0.571. The van der Waals surface area contributed by atoms with E-state index in [1.165, 1.54) is 34.6 Å². The second kappa shape index (κ2) is 7.39. The van der Waals surface area contributed by atoms with Crippen LogP contribution < -0.4 is 0 Å². The predicted octanol–water partition coefficient (Wildman–Crippen LogP) is 5.21. The molecule has 0 aliphatic carbocycles. The number of hydrogen-bond acceptors (Lipinski definition) is 1. The highest BCUT2D eigenvalue weighted by atomic mass is 79.9. The van der Waals surface area contributed by atoms with E-state index in [-0.39, 0.29) is 0 Å². The summed E-state index contributed by atoms with van der Waals surface area (Å²) in [5.74, 6) is 2.03. The quantitative estimate of drug-likeness (QED) is 0.513. The molecule has 0 heterocycles. The molecule has 0 radical (unpaired) electrons. The topological polar surface area (TPSA) is 0 Å². The van der Waals surface area contributed by atoms with Crippen molar-refractivity contribution in [1.29, 1.82) is 0 Å². The van der Waals surface area contributed by atoms with Gasteiger partial charge in [-0.25, -0.2) is 0 Å². The molecule has 1 unspecified atom stereocenters. The van der Waals surface area contributed by atoms with Crippen molar-refractivity contribution in [3.8, 4) is 0 Å². The Hall–Kier alpha value is 0.0500. The third-order valence-corrected chi connectivity index (χ3v) is 5.04. The number of halogens is 1. The van der Waals surface area contributed by atoms with Crippen LogP contribution in [0.15, 0.2) is 23.1 Å². The van der Waals surface area contributed by atoms with E-state index in [1.54, 1.807) is 0 Å². The Morgan fingerprint density at radius 1 is 1.31 bits per heavy atom. The minimum atomic E-state index is 0.801. The molecule has 0 aliphatic heterocycles. The van der Waals surface area contributed by atoms with E-state index in [2.05, 4.69) is 54.9 Å². The van der Waals surface area contributed by atoms with Gasteiger partial charge in [-0.1, -0.05) is 47.0 Å². The average molecular weight is 301 g/mol. The fourth-order valence-corrected chi connectivity index (χ4v) is 3.80. The normalized spacial score (nSPS) is 12.8. The molecule has 0 fully saturated rings. The molecule has 0 amide bonds. The molecule has 2 heteroatoms. The minimum Gasteiger partial charge on any atom is -0.126 e. The summed E-state index contributed by atoms with van der Waals surface area (Å²) in [6.45, 7) is 6.63.